The van der Waals surface area contributed by atoms with E-state index < -0.39 is 5.97 Å². The largest absolute Gasteiger partial charge is 0.478 e. The lowest BCUT2D eigenvalue weighted by molar-refractivity contribution is 0.0696. The van der Waals surface area contributed by atoms with Crippen molar-refractivity contribution in [2.45, 2.75) is 52.0 Å². The number of piperidine rings is 1. The van der Waals surface area contributed by atoms with E-state index in [2.05, 4.69) is 16.8 Å². The van der Waals surface area contributed by atoms with Crippen LogP contribution >= 0.6 is 0 Å². The van der Waals surface area contributed by atoms with Crippen molar-refractivity contribution in [2.75, 3.05) is 11.4 Å². The number of carboxylic acid groups (broad SMARTS) is 1. The van der Waals surface area contributed by atoms with E-state index in [0.29, 0.717) is 6.04 Å². The van der Waals surface area contributed by atoms with E-state index in [9.17, 15) is 4.79 Å². The second-order valence-corrected chi connectivity index (χ2v) is 5.30. The summed E-state index contributed by atoms with van der Waals surface area (Å²) < 4.78 is 0. The van der Waals surface area contributed by atoms with Gasteiger partial charge < -0.3 is 10.0 Å². The number of aromatic carboxylic acids is 1. The van der Waals surface area contributed by atoms with Crippen LogP contribution in [0.15, 0.2) is 12.3 Å². The minimum Gasteiger partial charge on any atom is -0.478 e. The molecule has 0 saturated carbocycles. The summed E-state index contributed by atoms with van der Waals surface area (Å²) >= 11 is 0. The molecule has 1 aliphatic heterocycles. The van der Waals surface area contributed by atoms with Gasteiger partial charge >= 0.3 is 5.97 Å². The maximum absolute atomic E-state index is 11.0. The summed E-state index contributed by atoms with van der Waals surface area (Å²) in [6, 6.07) is 2.28. The lowest BCUT2D eigenvalue weighted by atomic mass is 9.97. The molecular weight excluding hydrogens is 240 g/mol. The van der Waals surface area contributed by atoms with E-state index in [4.69, 9.17) is 5.11 Å². The van der Waals surface area contributed by atoms with Crippen LogP contribution in [0.25, 0.3) is 0 Å². The van der Waals surface area contributed by atoms with Crippen LogP contribution in [0.4, 0.5) is 5.82 Å². The van der Waals surface area contributed by atoms with Crippen LogP contribution in [0.1, 0.15) is 54.9 Å². The molecule has 1 N–H and O–H groups in total. The van der Waals surface area contributed by atoms with Crippen molar-refractivity contribution in [1.29, 1.82) is 0 Å². The van der Waals surface area contributed by atoms with E-state index in [-0.39, 0.29) is 5.56 Å². The topological polar surface area (TPSA) is 53.4 Å². The Morgan fingerprint density at radius 2 is 2.32 bits per heavy atom. The van der Waals surface area contributed by atoms with Gasteiger partial charge in [0.05, 0.1) is 5.56 Å². The number of pyridine rings is 1. The third-order valence-electron chi connectivity index (χ3n) is 3.82. The summed E-state index contributed by atoms with van der Waals surface area (Å²) in [5.74, 6) is 0.0500. The van der Waals surface area contributed by atoms with Gasteiger partial charge in [-0.3, -0.25) is 0 Å². The fraction of sp³-hybridized carbons (Fsp3) is 0.600. The normalized spacial score (nSPS) is 19.5. The summed E-state index contributed by atoms with van der Waals surface area (Å²) in [6.45, 7) is 5.19. The van der Waals surface area contributed by atoms with Crippen LogP contribution in [0.3, 0.4) is 0 Å². The molecule has 4 nitrogen and oxygen atoms in total. The van der Waals surface area contributed by atoms with Crippen molar-refractivity contribution in [3.63, 3.8) is 0 Å². The molecule has 0 radical (unpaired) electrons. The molecule has 1 aromatic heterocycles. The van der Waals surface area contributed by atoms with Crippen molar-refractivity contribution in [1.82, 2.24) is 4.98 Å². The molecule has 0 amide bonds. The van der Waals surface area contributed by atoms with Crippen LogP contribution < -0.4 is 4.90 Å². The molecule has 0 aliphatic carbocycles. The number of carbonyl (C=O) groups is 1. The smallest absolute Gasteiger partial charge is 0.337 e. The highest BCUT2D eigenvalue weighted by Gasteiger charge is 2.24. The Hall–Kier alpha value is -1.58. The number of aromatic nitrogens is 1. The Labute approximate surface area is 114 Å². The van der Waals surface area contributed by atoms with Crippen molar-refractivity contribution in [3.8, 4) is 0 Å². The van der Waals surface area contributed by atoms with Crippen LogP contribution in [0, 0.1) is 6.92 Å². The highest BCUT2D eigenvalue weighted by Crippen LogP contribution is 2.28. The van der Waals surface area contributed by atoms with Gasteiger partial charge in [0, 0.05) is 18.8 Å². The Bertz CT molecular complexity index is 457. The first-order chi connectivity index (χ1) is 9.13. The molecule has 1 atom stereocenters. The molecule has 2 rings (SSSR count). The molecule has 19 heavy (non-hydrogen) atoms. The summed E-state index contributed by atoms with van der Waals surface area (Å²) in [5, 5.41) is 8.99. The molecule has 1 unspecified atom stereocenters. The highest BCUT2D eigenvalue weighted by atomic mass is 16.4. The van der Waals surface area contributed by atoms with Gasteiger partial charge in [0.15, 0.2) is 0 Å². The van der Waals surface area contributed by atoms with Crippen LogP contribution in [-0.4, -0.2) is 28.6 Å². The summed E-state index contributed by atoms with van der Waals surface area (Å²) in [7, 11) is 0. The second kappa shape index (κ2) is 6.04. The fourth-order valence-electron chi connectivity index (χ4n) is 2.90. The molecule has 1 saturated heterocycles. The molecule has 1 aliphatic rings. The zero-order valence-corrected chi connectivity index (χ0v) is 11.7. The first-order valence-electron chi connectivity index (χ1n) is 7.10. The van der Waals surface area contributed by atoms with Crippen molar-refractivity contribution >= 4 is 11.8 Å². The average molecular weight is 262 g/mol. The van der Waals surface area contributed by atoms with Crippen LogP contribution in [0.2, 0.25) is 0 Å². The minimum atomic E-state index is -0.911. The monoisotopic (exact) mass is 262 g/mol. The molecule has 0 aromatic carbocycles. The van der Waals surface area contributed by atoms with Gasteiger partial charge in [-0.05, 0) is 44.2 Å². The Kier molecular flexibility index (Phi) is 4.40. The third-order valence-corrected chi connectivity index (χ3v) is 3.82. The van der Waals surface area contributed by atoms with Gasteiger partial charge in [0.25, 0.3) is 0 Å². The molecule has 4 heteroatoms. The van der Waals surface area contributed by atoms with E-state index in [1.54, 1.807) is 6.07 Å². The predicted octanol–water partition coefficient (Wildman–Crippen LogP) is 3.25. The molecule has 0 spiro atoms. The third kappa shape index (κ3) is 3.06. The second-order valence-electron chi connectivity index (χ2n) is 5.30. The summed E-state index contributed by atoms with van der Waals surface area (Å²) in [5.41, 5.74) is 1.23. The standard InChI is InChI=1S/C15H22N2O2/c1-3-6-13-7-4-5-8-17(13)14-11(2)9-12(10-16-14)15(18)19/h9-10,13H,3-8H2,1-2H3,(H,18,19). The Balaban J connectivity index is 2.26. The number of aryl methyl sites for hydroxylation is 1. The quantitative estimate of drug-likeness (QED) is 0.905. The molecule has 1 aromatic rings. The zero-order valence-electron chi connectivity index (χ0n) is 11.7. The number of carboxylic acids is 1. The van der Waals surface area contributed by atoms with E-state index in [0.717, 1.165) is 17.9 Å². The van der Waals surface area contributed by atoms with Gasteiger partial charge in [0.1, 0.15) is 5.82 Å². The van der Waals surface area contributed by atoms with E-state index in [1.165, 1.54) is 38.3 Å². The summed E-state index contributed by atoms with van der Waals surface area (Å²) in [4.78, 5) is 17.7. The maximum atomic E-state index is 11.0. The zero-order chi connectivity index (χ0) is 13.8. The number of hydrogen-bond donors (Lipinski definition) is 1. The molecule has 1 fully saturated rings. The lowest BCUT2D eigenvalue weighted by Crippen LogP contribution is -2.40. The average Bonchev–Trinajstić information content (AvgIpc) is 2.40. The summed E-state index contributed by atoms with van der Waals surface area (Å²) in [6.07, 6.45) is 7.53. The van der Waals surface area contributed by atoms with Crippen molar-refractivity contribution in [3.05, 3.63) is 23.4 Å². The fourth-order valence-corrected chi connectivity index (χ4v) is 2.90. The first-order valence-corrected chi connectivity index (χ1v) is 7.10. The van der Waals surface area contributed by atoms with Crippen molar-refractivity contribution in [2.24, 2.45) is 0 Å². The molecule has 0 bridgehead atoms. The molecule has 2 heterocycles. The highest BCUT2D eigenvalue weighted by molar-refractivity contribution is 5.87. The lowest BCUT2D eigenvalue weighted by Gasteiger charge is -2.37. The number of anilines is 1. The van der Waals surface area contributed by atoms with E-state index >= 15 is 0 Å². The van der Waals surface area contributed by atoms with Gasteiger partial charge in [0.2, 0.25) is 0 Å². The number of hydrogen-bond acceptors (Lipinski definition) is 3. The molecule has 104 valence electrons. The minimum absolute atomic E-state index is 0.269. The first kappa shape index (κ1) is 13.8. The van der Waals surface area contributed by atoms with Gasteiger partial charge in [-0.1, -0.05) is 13.3 Å². The number of rotatable bonds is 4. The molecular formula is C15H22N2O2. The van der Waals surface area contributed by atoms with Gasteiger partial charge in [-0.2, -0.15) is 0 Å². The number of nitrogens with zero attached hydrogens (tertiary/aromatic N) is 2. The predicted molar refractivity (Wildman–Crippen MR) is 75.8 cm³/mol. The van der Waals surface area contributed by atoms with E-state index in [1.807, 2.05) is 6.92 Å². The Morgan fingerprint density at radius 3 is 2.95 bits per heavy atom. The van der Waals surface area contributed by atoms with Crippen molar-refractivity contribution < 1.29 is 9.90 Å². The van der Waals surface area contributed by atoms with Crippen LogP contribution in [0.5, 0.6) is 0 Å². The maximum Gasteiger partial charge on any atom is 0.337 e. The van der Waals surface area contributed by atoms with Gasteiger partial charge in [-0.25, -0.2) is 9.78 Å². The Morgan fingerprint density at radius 1 is 1.53 bits per heavy atom. The van der Waals surface area contributed by atoms with Gasteiger partial charge in [-0.15, -0.1) is 0 Å². The SMILES string of the molecule is CCCC1CCCCN1c1ncc(C(=O)O)cc1C. The van der Waals surface area contributed by atoms with Crippen LogP contribution in [-0.2, 0) is 0 Å².